The molecular formula is C23H21N3O2S. The first-order valence-corrected chi connectivity index (χ1v) is 10.1. The van der Waals surface area contributed by atoms with Crippen LogP contribution in [-0.2, 0) is 11.3 Å². The molecule has 1 aliphatic heterocycles. The van der Waals surface area contributed by atoms with E-state index in [4.69, 9.17) is 4.42 Å². The Balaban J connectivity index is 1.65. The van der Waals surface area contributed by atoms with Gasteiger partial charge in [-0.05, 0) is 59.8 Å². The molecule has 5 nitrogen and oxygen atoms in total. The number of amides is 1. The van der Waals surface area contributed by atoms with Crippen LogP contribution in [0.25, 0.3) is 6.08 Å². The van der Waals surface area contributed by atoms with E-state index in [1.54, 1.807) is 11.2 Å². The summed E-state index contributed by atoms with van der Waals surface area (Å²) < 4.78 is 5.38. The Morgan fingerprint density at radius 1 is 1.03 bits per heavy atom. The number of carbonyl (C=O) groups is 1. The van der Waals surface area contributed by atoms with Crippen LogP contribution in [0, 0.1) is 0 Å². The molecule has 146 valence electrons. The number of aliphatic imine (C=N–C) groups is 1. The monoisotopic (exact) mass is 403 g/mol. The molecule has 0 unspecified atom stereocenters. The third-order valence-corrected chi connectivity index (χ3v) is 5.48. The van der Waals surface area contributed by atoms with Crippen LogP contribution in [0.1, 0.15) is 11.3 Å². The van der Waals surface area contributed by atoms with Gasteiger partial charge in [-0.15, -0.1) is 0 Å². The molecule has 1 aromatic heterocycles. The van der Waals surface area contributed by atoms with Crippen LogP contribution in [0.5, 0.6) is 0 Å². The van der Waals surface area contributed by atoms with Crippen molar-refractivity contribution in [2.24, 2.45) is 4.99 Å². The van der Waals surface area contributed by atoms with Crippen molar-refractivity contribution in [2.45, 2.75) is 6.54 Å². The molecule has 0 bridgehead atoms. The van der Waals surface area contributed by atoms with Crippen LogP contribution in [-0.4, -0.2) is 25.2 Å². The van der Waals surface area contributed by atoms with Gasteiger partial charge >= 0.3 is 0 Å². The molecule has 0 N–H and O–H groups in total. The van der Waals surface area contributed by atoms with Crippen molar-refractivity contribution in [3.63, 3.8) is 0 Å². The molecule has 2 aromatic carbocycles. The van der Waals surface area contributed by atoms with Gasteiger partial charge in [0.15, 0.2) is 5.17 Å². The molecule has 3 aromatic rings. The second kappa shape index (κ2) is 8.41. The molecule has 0 atom stereocenters. The average molecular weight is 404 g/mol. The van der Waals surface area contributed by atoms with Crippen molar-refractivity contribution in [2.75, 3.05) is 23.9 Å². The minimum atomic E-state index is -0.0731. The first kappa shape index (κ1) is 19.1. The number of carbonyl (C=O) groups excluding carboxylic acids is 1. The summed E-state index contributed by atoms with van der Waals surface area (Å²) in [5, 5.41) is 0.647. The predicted octanol–water partition coefficient (Wildman–Crippen LogP) is 5.02. The number of nitrogens with zero attached hydrogens (tertiary/aromatic N) is 3. The number of thioether (sulfide) groups is 1. The van der Waals surface area contributed by atoms with Gasteiger partial charge in [0, 0.05) is 19.8 Å². The van der Waals surface area contributed by atoms with Gasteiger partial charge in [-0.3, -0.25) is 14.7 Å². The fraction of sp³-hybridized carbons (Fsp3) is 0.130. The molecule has 0 aliphatic carbocycles. The lowest BCUT2D eigenvalue weighted by Crippen LogP contribution is -2.28. The lowest BCUT2D eigenvalue weighted by molar-refractivity contribution is -0.113. The zero-order chi connectivity index (χ0) is 20.2. The zero-order valence-electron chi connectivity index (χ0n) is 16.3. The van der Waals surface area contributed by atoms with Crippen LogP contribution in [0.2, 0.25) is 0 Å². The molecule has 1 saturated heterocycles. The number of anilines is 2. The summed E-state index contributed by atoms with van der Waals surface area (Å²) in [5.41, 5.74) is 2.89. The maximum Gasteiger partial charge on any atom is 0.271 e. The number of rotatable bonds is 5. The second-order valence-corrected chi connectivity index (χ2v) is 7.76. The van der Waals surface area contributed by atoms with Gasteiger partial charge in [0.1, 0.15) is 5.76 Å². The normalized spacial score (nSPS) is 16.8. The molecule has 0 spiro atoms. The van der Waals surface area contributed by atoms with E-state index in [-0.39, 0.29) is 5.91 Å². The summed E-state index contributed by atoms with van der Waals surface area (Å²) in [6.45, 7) is 0.386. The van der Waals surface area contributed by atoms with E-state index in [0.717, 1.165) is 22.7 Å². The maximum atomic E-state index is 13.2. The van der Waals surface area contributed by atoms with Gasteiger partial charge in [0.2, 0.25) is 0 Å². The largest absolute Gasteiger partial charge is 0.467 e. The van der Waals surface area contributed by atoms with Gasteiger partial charge in [-0.1, -0.05) is 30.3 Å². The second-order valence-electron chi connectivity index (χ2n) is 6.75. The first-order chi connectivity index (χ1) is 14.1. The minimum absolute atomic E-state index is 0.0731. The average Bonchev–Trinajstić information content (AvgIpc) is 3.36. The molecule has 1 aliphatic rings. The van der Waals surface area contributed by atoms with Gasteiger partial charge in [-0.25, -0.2) is 0 Å². The van der Waals surface area contributed by atoms with Crippen LogP contribution < -0.4 is 9.80 Å². The van der Waals surface area contributed by atoms with Crippen molar-refractivity contribution < 1.29 is 9.21 Å². The first-order valence-electron chi connectivity index (χ1n) is 9.25. The van der Waals surface area contributed by atoms with E-state index >= 15 is 0 Å². The molecule has 0 saturated carbocycles. The topological polar surface area (TPSA) is 49.1 Å². The third kappa shape index (κ3) is 4.27. The van der Waals surface area contributed by atoms with E-state index in [0.29, 0.717) is 16.6 Å². The summed E-state index contributed by atoms with van der Waals surface area (Å²) >= 11 is 1.38. The number of furan rings is 1. The highest BCUT2D eigenvalue weighted by atomic mass is 32.2. The number of amidine groups is 1. The zero-order valence-corrected chi connectivity index (χ0v) is 17.1. The summed E-state index contributed by atoms with van der Waals surface area (Å²) in [4.78, 5) is 22.2. The van der Waals surface area contributed by atoms with Gasteiger partial charge in [0.25, 0.3) is 5.91 Å². The van der Waals surface area contributed by atoms with Crippen LogP contribution in [0.15, 0.2) is 87.3 Å². The highest BCUT2D eigenvalue weighted by Crippen LogP contribution is 2.36. The molecule has 1 amide bonds. The van der Waals surface area contributed by atoms with Gasteiger partial charge in [-0.2, -0.15) is 0 Å². The molecule has 4 rings (SSSR count). The van der Waals surface area contributed by atoms with Crippen LogP contribution >= 0.6 is 11.8 Å². The molecular weight excluding hydrogens is 382 g/mol. The van der Waals surface area contributed by atoms with Gasteiger partial charge in [0.05, 0.1) is 23.4 Å². The van der Waals surface area contributed by atoms with E-state index < -0.39 is 0 Å². The van der Waals surface area contributed by atoms with Crippen molar-refractivity contribution in [1.82, 2.24) is 0 Å². The summed E-state index contributed by atoms with van der Waals surface area (Å²) in [7, 11) is 4.01. The molecule has 1 fully saturated rings. The lowest BCUT2D eigenvalue weighted by atomic mass is 10.2. The quantitative estimate of drug-likeness (QED) is 0.561. The van der Waals surface area contributed by atoms with Crippen molar-refractivity contribution in [3.05, 3.63) is 89.2 Å². The van der Waals surface area contributed by atoms with Crippen LogP contribution in [0.3, 0.4) is 0 Å². The van der Waals surface area contributed by atoms with Crippen molar-refractivity contribution >= 4 is 40.3 Å². The molecule has 29 heavy (non-hydrogen) atoms. The smallest absolute Gasteiger partial charge is 0.271 e. The van der Waals surface area contributed by atoms with Gasteiger partial charge < -0.3 is 9.32 Å². The van der Waals surface area contributed by atoms with Crippen molar-refractivity contribution in [3.8, 4) is 0 Å². The Morgan fingerprint density at radius 3 is 2.45 bits per heavy atom. The summed E-state index contributed by atoms with van der Waals surface area (Å²) in [6.07, 6.45) is 3.54. The molecule has 0 radical (unpaired) electrons. The van der Waals surface area contributed by atoms with E-state index in [9.17, 15) is 4.79 Å². The summed E-state index contributed by atoms with van der Waals surface area (Å²) in [5.74, 6) is 0.686. The van der Waals surface area contributed by atoms with E-state index in [2.05, 4.69) is 4.99 Å². The SMILES string of the molecule is CN(C)c1ccc(/C=C2\SC(=NCc3ccco3)N(c3ccccc3)C2=O)cc1. The highest BCUT2D eigenvalue weighted by Gasteiger charge is 2.34. The predicted molar refractivity (Wildman–Crippen MR) is 120 cm³/mol. The molecule has 2 heterocycles. The third-order valence-electron chi connectivity index (χ3n) is 4.48. The molecule has 6 heteroatoms. The Kier molecular flexibility index (Phi) is 5.53. The standard InChI is InChI=1S/C23H21N3O2S/c1-25(2)18-12-10-17(11-13-18)15-21-22(27)26(19-7-4-3-5-8-19)23(29-21)24-16-20-9-6-14-28-20/h3-15H,16H2,1-2H3/b21-15-,24-23?. The Labute approximate surface area is 174 Å². The maximum absolute atomic E-state index is 13.2. The van der Waals surface area contributed by atoms with E-state index in [1.807, 2.05) is 91.8 Å². The van der Waals surface area contributed by atoms with Crippen LogP contribution in [0.4, 0.5) is 11.4 Å². The Morgan fingerprint density at radius 2 is 1.79 bits per heavy atom. The van der Waals surface area contributed by atoms with E-state index in [1.165, 1.54) is 11.8 Å². The lowest BCUT2D eigenvalue weighted by Gasteiger charge is -2.15. The summed E-state index contributed by atoms with van der Waals surface area (Å²) in [6, 6.07) is 21.4. The van der Waals surface area contributed by atoms with Crippen molar-refractivity contribution in [1.29, 1.82) is 0 Å². The number of benzene rings is 2. The Bertz CT molecular complexity index is 1040. The fourth-order valence-corrected chi connectivity index (χ4v) is 3.93. The highest BCUT2D eigenvalue weighted by molar-refractivity contribution is 8.19. The Hall–Kier alpha value is -3.25. The minimum Gasteiger partial charge on any atom is -0.467 e. The fourth-order valence-electron chi connectivity index (χ4n) is 2.95. The number of hydrogen-bond acceptors (Lipinski definition) is 5. The number of hydrogen-bond donors (Lipinski definition) is 0. The number of para-hydroxylation sites is 1.